The molecule has 0 fully saturated rings. The molecule has 0 amide bonds. The maximum absolute atomic E-state index is 10.4. The number of carboxylic acids is 1. The third-order valence-electron chi connectivity index (χ3n) is 1.80. The Bertz CT molecular complexity index is 187. The Morgan fingerprint density at radius 2 is 2.09 bits per heavy atom. The summed E-state index contributed by atoms with van der Waals surface area (Å²) in [5.74, 6) is -1.93. The molecule has 3 atom stereocenters. The highest BCUT2D eigenvalue weighted by Gasteiger charge is 2.32. The fraction of sp³-hybridized carbons (Fsp3) is 0.571. The minimum atomic E-state index is -1.17. The van der Waals surface area contributed by atoms with Crippen LogP contribution in [0.15, 0.2) is 12.2 Å². The smallest absolute Gasteiger partial charge is 0.309 e. The van der Waals surface area contributed by atoms with Crippen LogP contribution in [0, 0.1) is 5.92 Å². The van der Waals surface area contributed by atoms with Crippen molar-refractivity contribution in [2.75, 3.05) is 0 Å². The van der Waals surface area contributed by atoms with Crippen molar-refractivity contribution in [2.45, 2.75) is 18.6 Å². The third kappa shape index (κ3) is 1.58. The van der Waals surface area contributed by atoms with Gasteiger partial charge in [0.1, 0.15) is 0 Å². The molecular formula is C7H10O4. The second-order valence-electron chi connectivity index (χ2n) is 2.59. The molecule has 0 heterocycles. The molecule has 0 aromatic carbocycles. The number of aliphatic carboxylic acids is 1. The van der Waals surface area contributed by atoms with Crippen molar-refractivity contribution in [1.82, 2.24) is 0 Å². The van der Waals surface area contributed by atoms with Gasteiger partial charge in [0.05, 0.1) is 18.1 Å². The van der Waals surface area contributed by atoms with Crippen molar-refractivity contribution >= 4 is 5.97 Å². The third-order valence-corrected chi connectivity index (χ3v) is 1.80. The summed E-state index contributed by atoms with van der Waals surface area (Å²) in [6.45, 7) is 0. The zero-order valence-corrected chi connectivity index (χ0v) is 5.84. The van der Waals surface area contributed by atoms with Gasteiger partial charge in [0.25, 0.3) is 0 Å². The lowest BCUT2D eigenvalue weighted by molar-refractivity contribution is -0.148. The molecular weight excluding hydrogens is 148 g/mol. The Morgan fingerprint density at radius 3 is 2.55 bits per heavy atom. The zero-order chi connectivity index (χ0) is 8.43. The van der Waals surface area contributed by atoms with Gasteiger partial charge in [0.2, 0.25) is 0 Å². The Kier molecular flexibility index (Phi) is 2.26. The first kappa shape index (κ1) is 8.23. The van der Waals surface area contributed by atoms with Gasteiger partial charge in [0, 0.05) is 0 Å². The average molecular weight is 158 g/mol. The first-order chi connectivity index (χ1) is 5.13. The van der Waals surface area contributed by atoms with Crippen LogP contribution < -0.4 is 0 Å². The van der Waals surface area contributed by atoms with Gasteiger partial charge in [0.15, 0.2) is 0 Å². The molecule has 1 aliphatic carbocycles. The predicted octanol–water partition coefficient (Wildman–Crippen LogP) is -0.631. The van der Waals surface area contributed by atoms with Crippen molar-refractivity contribution in [3.8, 4) is 0 Å². The van der Waals surface area contributed by atoms with Crippen LogP contribution in [0.25, 0.3) is 0 Å². The highest BCUT2D eigenvalue weighted by atomic mass is 16.4. The fourth-order valence-corrected chi connectivity index (χ4v) is 1.10. The minimum Gasteiger partial charge on any atom is -0.481 e. The van der Waals surface area contributed by atoms with E-state index in [0.717, 1.165) is 0 Å². The molecule has 4 heteroatoms. The zero-order valence-electron chi connectivity index (χ0n) is 5.84. The van der Waals surface area contributed by atoms with Crippen LogP contribution in [0.4, 0.5) is 0 Å². The Balaban J connectivity index is 2.70. The highest BCUT2D eigenvalue weighted by molar-refractivity contribution is 5.71. The standard InChI is InChI=1S/C7H10O4/c8-5-3-1-2-4(6(5)9)7(10)11/h1,3-6,8-9H,2H2,(H,10,11). The maximum Gasteiger partial charge on any atom is 0.309 e. The molecule has 0 bridgehead atoms. The summed E-state index contributed by atoms with van der Waals surface area (Å²) in [6, 6.07) is 0. The van der Waals surface area contributed by atoms with Crippen molar-refractivity contribution in [3.63, 3.8) is 0 Å². The van der Waals surface area contributed by atoms with Crippen molar-refractivity contribution in [2.24, 2.45) is 5.92 Å². The summed E-state index contributed by atoms with van der Waals surface area (Å²) in [5.41, 5.74) is 0. The maximum atomic E-state index is 10.4. The minimum absolute atomic E-state index is 0.285. The van der Waals surface area contributed by atoms with E-state index in [1.807, 2.05) is 0 Å². The average Bonchev–Trinajstić information content (AvgIpc) is 1.94. The van der Waals surface area contributed by atoms with Crippen molar-refractivity contribution < 1.29 is 20.1 Å². The van der Waals surface area contributed by atoms with Crippen LogP contribution in [0.2, 0.25) is 0 Å². The first-order valence-electron chi connectivity index (χ1n) is 3.38. The molecule has 3 N–H and O–H groups in total. The van der Waals surface area contributed by atoms with E-state index in [-0.39, 0.29) is 6.42 Å². The highest BCUT2D eigenvalue weighted by Crippen LogP contribution is 2.19. The van der Waals surface area contributed by atoms with Crippen molar-refractivity contribution in [3.05, 3.63) is 12.2 Å². The molecule has 1 aliphatic rings. The molecule has 62 valence electrons. The SMILES string of the molecule is O=C(O)C1CC=CC(O)C1O. The second-order valence-corrected chi connectivity index (χ2v) is 2.59. The van der Waals surface area contributed by atoms with E-state index in [0.29, 0.717) is 0 Å². The van der Waals surface area contributed by atoms with Gasteiger partial charge in [-0.1, -0.05) is 12.2 Å². The summed E-state index contributed by atoms with van der Waals surface area (Å²) >= 11 is 0. The van der Waals surface area contributed by atoms with Crippen LogP contribution in [-0.2, 0) is 4.79 Å². The molecule has 0 saturated carbocycles. The summed E-state index contributed by atoms with van der Waals surface area (Å²) in [4.78, 5) is 10.4. The largest absolute Gasteiger partial charge is 0.481 e. The van der Waals surface area contributed by atoms with E-state index in [2.05, 4.69) is 0 Å². The van der Waals surface area contributed by atoms with Gasteiger partial charge in [-0.25, -0.2) is 0 Å². The van der Waals surface area contributed by atoms with Gasteiger partial charge >= 0.3 is 5.97 Å². The number of rotatable bonds is 1. The molecule has 4 nitrogen and oxygen atoms in total. The Morgan fingerprint density at radius 1 is 1.45 bits per heavy atom. The van der Waals surface area contributed by atoms with Crippen LogP contribution in [0.5, 0.6) is 0 Å². The van der Waals surface area contributed by atoms with Crippen LogP contribution >= 0.6 is 0 Å². The summed E-state index contributed by atoms with van der Waals surface area (Å²) in [7, 11) is 0. The number of carboxylic acid groups (broad SMARTS) is 1. The van der Waals surface area contributed by atoms with Gasteiger partial charge in [-0.15, -0.1) is 0 Å². The summed E-state index contributed by atoms with van der Waals surface area (Å²) in [5, 5.41) is 26.6. The van der Waals surface area contributed by atoms with E-state index < -0.39 is 24.1 Å². The van der Waals surface area contributed by atoms with E-state index in [1.165, 1.54) is 6.08 Å². The molecule has 11 heavy (non-hydrogen) atoms. The quantitative estimate of drug-likeness (QED) is 0.444. The molecule has 3 unspecified atom stereocenters. The van der Waals surface area contributed by atoms with E-state index >= 15 is 0 Å². The molecule has 0 radical (unpaired) electrons. The molecule has 0 aromatic rings. The van der Waals surface area contributed by atoms with Gasteiger partial charge < -0.3 is 15.3 Å². The lowest BCUT2D eigenvalue weighted by Gasteiger charge is -2.24. The van der Waals surface area contributed by atoms with Crippen LogP contribution in [0.1, 0.15) is 6.42 Å². The Hall–Kier alpha value is -0.870. The summed E-state index contributed by atoms with van der Waals surface area (Å²) in [6.07, 6.45) is 1.05. The van der Waals surface area contributed by atoms with Crippen LogP contribution in [0.3, 0.4) is 0 Å². The topological polar surface area (TPSA) is 77.8 Å². The van der Waals surface area contributed by atoms with E-state index in [4.69, 9.17) is 15.3 Å². The van der Waals surface area contributed by atoms with Crippen LogP contribution in [-0.4, -0.2) is 33.5 Å². The fourth-order valence-electron chi connectivity index (χ4n) is 1.10. The molecule has 1 rings (SSSR count). The number of aliphatic hydroxyl groups is 2. The lowest BCUT2D eigenvalue weighted by atomic mass is 9.90. The number of hydrogen-bond acceptors (Lipinski definition) is 3. The van der Waals surface area contributed by atoms with Crippen molar-refractivity contribution in [1.29, 1.82) is 0 Å². The van der Waals surface area contributed by atoms with Gasteiger partial charge in [-0.3, -0.25) is 4.79 Å². The van der Waals surface area contributed by atoms with Gasteiger partial charge in [-0.05, 0) is 6.42 Å². The lowest BCUT2D eigenvalue weighted by Crippen LogP contribution is -2.38. The second kappa shape index (κ2) is 3.02. The monoisotopic (exact) mass is 158 g/mol. The Labute approximate surface area is 63.8 Å². The number of carbonyl (C=O) groups is 1. The number of hydrogen-bond donors (Lipinski definition) is 3. The summed E-state index contributed by atoms with van der Waals surface area (Å²) < 4.78 is 0. The molecule has 0 saturated heterocycles. The normalized spacial score (nSPS) is 37.1. The molecule has 0 aromatic heterocycles. The van der Waals surface area contributed by atoms with Gasteiger partial charge in [-0.2, -0.15) is 0 Å². The number of allylic oxidation sites excluding steroid dienone is 1. The number of aliphatic hydroxyl groups excluding tert-OH is 2. The van der Waals surface area contributed by atoms with E-state index in [1.54, 1.807) is 6.08 Å². The predicted molar refractivity (Wildman–Crippen MR) is 36.9 cm³/mol. The molecule has 0 spiro atoms. The first-order valence-corrected chi connectivity index (χ1v) is 3.38. The van der Waals surface area contributed by atoms with E-state index in [9.17, 15) is 4.79 Å². The molecule has 0 aliphatic heterocycles.